The van der Waals surface area contributed by atoms with Gasteiger partial charge in [-0.1, -0.05) is 44.2 Å². The Balaban J connectivity index is 1.87. The molecule has 0 radical (unpaired) electrons. The van der Waals surface area contributed by atoms with Gasteiger partial charge in [0, 0.05) is 12.3 Å². The lowest BCUT2D eigenvalue weighted by Crippen LogP contribution is -2.47. The lowest BCUT2D eigenvalue weighted by Gasteiger charge is -2.29. The van der Waals surface area contributed by atoms with Crippen molar-refractivity contribution in [3.8, 4) is 11.5 Å². The molecule has 1 aromatic heterocycles. The number of rotatable bonds is 7. The van der Waals surface area contributed by atoms with Crippen molar-refractivity contribution < 1.29 is 43.2 Å². The summed E-state index contributed by atoms with van der Waals surface area (Å²) in [6.07, 6.45) is -0.766. The molecule has 4 atom stereocenters. The summed E-state index contributed by atoms with van der Waals surface area (Å²) >= 11 is 0. The largest absolute Gasteiger partial charge is 0.503 e. The molecule has 1 aliphatic heterocycles. The number of hydrogen-bond acceptors (Lipinski definition) is 10. The van der Waals surface area contributed by atoms with E-state index in [9.17, 15) is 24.3 Å². The fraction of sp³-hybridized carbons (Fsp3) is 0.423. The van der Waals surface area contributed by atoms with E-state index in [0.717, 1.165) is 5.56 Å². The van der Waals surface area contributed by atoms with Crippen LogP contribution in [0.4, 0.5) is 0 Å². The van der Waals surface area contributed by atoms with Crippen molar-refractivity contribution in [3.63, 3.8) is 0 Å². The molecule has 0 aliphatic carbocycles. The molecule has 1 amide bonds. The second-order valence-electron chi connectivity index (χ2n) is 8.86. The number of hydrogen-bond donors (Lipinski definition) is 2. The minimum Gasteiger partial charge on any atom is -0.503 e. The summed E-state index contributed by atoms with van der Waals surface area (Å²) in [5, 5.41) is 12.6. The van der Waals surface area contributed by atoms with E-state index >= 15 is 0 Å². The number of methoxy groups -OCH3 is 1. The summed E-state index contributed by atoms with van der Waals surface area (Å²) in [5.41, 5.74) is 0.398. The van der Waals surface area contributed by atoms with Crippen molar-refractivity contribution in [2.24, 2.45) is 11.8 Å². The molecule has 0 spiro atoms. The first kappa shape index (κ1) is 27.4. The number of esters is 3. The number of benzene rings is 1. The third-order valence-corrected chi connectivity index (χ3v) is 5.79. The molecule has 2 aromatic rings. The predicted octanol–water partition coefficient (Wildman–Crippen LogP) is 1.81. The Morgan fingerprint density at radius 3 is 2.51 bits per heavy atom. The highest BCUT2D eigenvalue weighted by Crippen LogP contribution is 2.28. The minimum absolute atomic E-state index is 0.0100. The van der Waals surface area contributed by atoms with E-state index in [-0.39, 0.29) is 12.2 Å². The summed E-state index contributed by atoms with van der Waals surface area (Å²) in [5.74, 6) is -5.10. The Labute approximate surface area is 214 Å². The molecule has 2 N–H and O–H groups in total. The number of aromatic hydroxyl groups is 1. The molecule has 37 heavy (non-hydrogen) atoms. The number of carbonyl (C=O) groups is 4. The van der Waals surface area contributed by atoms with E-state index in [0.29, 0.717) is 0 Å². The molecule has 1 saturated heterocycles. The van der Waals surface area contributed by atoms with Crippen molar-refractivity contribution >= 4 is 23.8 Å². The molecule has 11 nitrogen and oxygen atoms in total. The Morgan fingerprint density at radius 2 is 1.86 bits per heavy atom. The van der Waals surface area contributed by atoms with Crippen molar-refractivity contribution in [1.29, 1.82) is 0 Å². The van der Waals surface area contributed by atoms with Crippen LogP contribution in [-0.4, -0.2) is 65.9 Å². The first-order valence-electron chi connectivity index (χ1n) is 11.8. The molecule has 0 bridgehead atoms. The Bertz CT molecular complexity index is 1140. The smallest absolute Gasteiger partial charge is 0.332 e. The van der Waals surface area contributed by atoms with Crippen molar-refractivity contribution in [1.82, 2.24) is 10.3 Å². The molecular formula is C26H30N2O9. The van der Waals surface area contributed by atoms with E-state index in [2.05, 4.69) is 10.3 Å². The highest BCUT2D eigenvalue weighted by molar-refractivity contribution is 5.98. The first-order chi connectivity index (χ1) is 17.6. The zero-order valence-electron chi connectivity index (χ0n) is 21.0. The first-order valence-corrected chi connectivity index (χ1v) is 11.8. The standard InChI is InChI=1S/C26H30N2O9/c1-14(2)24(31)37-22-15(3)36-26(33)18(28-23(30)20-21(29)19(34-4)10-11-27-20)13-35-25(32)17(22)12-16-8-6-5-7-9-16/h5-11,14-15,17-18,22,29H,12-13H2,1-4H3,(H,28,30)/t15?,17?,18-,22?/m1/s1. The predicted molar refractivity (Wildman–Crippen MR) is 129 cm³/mol. The van der Waals surface area contributed by atoms with Gasteiger partial charge in [-0.15, -0.1) is 0 Å². The van der Waals surface area contributed by atoms with Crippen LogP contribution in [0.15, 0.2) is 42.6 Å². The van der Waals surface area contributed by atoms with Crippen molar-refractivity contribution in [3.05, 3.63) is 53.9 Å². The molecule has 0 saturated carbocycles. The summed E-state index contributed by atoms with van der Waals surface area (Å²) < 4.78 is 21.5. The van der Waals surface area contributed by atoms with E-state index in [1.807, 2.05) is 30.3 Å². The van der Waals surface area contributed by atoms with Crippen LogP contribution >= 0.6 is 0 Å². The van der Waals surface area contributed by atoms with Crippen LogP contribution in [0.25, 0.3) is 0 Å². The van der Waals surface area contributed by atoms with Crippen LogP contribution in [0.1, 0.15) is 36.8 Å². The SMILES string of the molecule is COc1ccnc(C(=O)N[C@@H]2COC(=O)C(Cc3ccccc3)C(OC(=O)C(C)C)C(C)OC2=O)c1O. The molecule has 198 valence electrons. The van der Waals surface area contributed by atoms with Crippen molar-refractivity contribution in [2.45, 2.75) is 45.4 Å². The number of nitrogens with zero attached hydrogens (tertiary/aromatic N) is 1. The van der Waals surface area contributed by atoms with Crippen LogP contribution in [0.2, 0.25) is 0 Å². The molecular weight excluding hydrogens is 484 g/mol. The average molecular weight is 515 g/mol. The van der Waals surface area contributed by atoms with Gasteiger partial charge in [0.15, 0.2) is 29.3 Å². The molecule has 2 heterocycles. The Hall–Kier alpha value is -4.15. The van der Waals surface area contributed by atoms with Gasteiger partial charge in [0.05, 0.1) is 13.0 Å². The zero-order chi connectivity index (χ0) is 27.1. The van der Waals surface area contributed by atoms with Gasteiger partial charge in [0.2, 0.25) is 0 Å². The Kier molecular flexibility index (Phi) is 9.05. The van der Waals surface area contributed by atoms with Crippen molar-refractivity contribution in [2.75, 3.05) is 13.7 Å². The van der Waals surface area contributed by atoms with E-state index in [1.54, 1.807) is 13.8 Å². The summed E-state index contributed by atoms with van der Waals surface area (Å²) in [7, 11) is 1.31. The van der Waals surface area contributed by atoms with Gasteiger partial charge in [-0.25, -0.2) is 9.78 Å². The van der Waals surface area contributed by atoms with Gasteiger partial charge in [0.25, 0.3) is 5.91 Å². The number of ether oxygens (including phenoxy) is 4. The third kappa shape index (κ3) is 6.75. The second-order valence-corrected chi connectivity index (χ2v) is 8.86. The van der Waals surface area contributed by atoms with E-state index in [1.165, 1.54) is 26.3 Å². The normalized spacial score (nSPS) is 22.1. The second kappa shape index (κ2) is 12.2. The molecule has 1 aromatic carbocycles. The maximum Gasteiger partial charge on any atom is 0.332 e. The van der Waals surface area contributed by atoms with Gasteiger partial charge in [-0.2, -0.15) is 0 Å². The highest BCUT2D eigenvalue weighted by Gasteiger charge is 2.42. The van der Waals surface area contributed by atoms with Crippen LogP contribution in [-0.2, 0) is 35.0 Å². The van der Waals surface area contributed by atoms with E-state index in [4.69, 9.17) is 18.9 Å². The monoisotopic (exact) mass is 514 g/mol. The lowest BCUT2D eigenvalue weighted by molar-refractivity contribution is -0.176. The number of pyridine rings is 1. The summed E-state index contributed by atoms with van der Waals surface area (Å²) in [6, 6.07) is 9.01. The highest BCUT2D eigenvalue weighted by atomic mass is 16.6. The van der Waals surface area contributed by atoms with Gasteiger partial charge in [-0.05, 0) is 18.9 Å². The quantitative estimate of drug-likeness (QED) is 0.414. The zero-order valence-corrected chi connectivity index (χ0v) is 21.0. The topological polar surface area (TPSA) is 150 Å². The average Bonchev–Trinajstić information content (AvgIpc) is 2.91. The maximum absolute atomic E-state index is 13.2. The summed E-state index contributed by atoms with van der Waals surface area (Å²) in [6.45, 7) is 4.25. The number of amides is 1. The van der Waals surface area contributed by atoms with Crippen LogP contribution < -0.4 is 10.1 Å². The Morgan fingerprint density at radius 1 is 1.16 bits per heavy atom. The maximum atomic E-state index is 13.2. The lowest BCUT2D eigenvalue weighted by atomic mass is 9.91. The molecule has 1 aliphatic rings. The van der Waals surface area contributed by atoms with E-state index < -0.39 is 72.0 Å². The number of aromatic nitrogens is 1. The third-order valence-electron chi connectivity index (χ3n) is 5.79. The van der Waals surface area contributed by atoms with Crippen LogP contribution in [0, 0.1) is 11.8 Å². The molecule has 3 rings (SSSR count). The summed E-state index contributed by atoms with van der Waals surface area (Å²) in [4.78, 5) is 55.3. The fourth-order valence-corrected chi connectivity index (χ4v) is 3.74. The van der Waals surface area contributed by atoms with Gasteiger partial charge >= 0.3 is 17.9 Å². The number of carbonyl (C=O) groups excluding carboxylic acids is 4. The number of nitrogens with one attached hydrogen (secondary N) is 1. The van der Waals surface area contributed by atoms with Gasteiger partial charge in [-0.3, -0.25) is 14.4 Å². The minimum atomic E-state index is -1.41. The van der Waals surface area contributed by atoms with Gasteiger partial charge in [0.1, 0.15) is 18.6 Å². The van der Waals surface area contributed by atoms with Gasteiger partial charge < -0.3 is 29.4 Å². The molecule has 1 fully saturated rings. The van der Waals surface area contributed by atoms with Crippen LogP contribution in [0.3, 0.4) is 0 Å². The molecule has 3 unspecified atom stereocenters. The fourth-order valence-electron chi connectivity index (χ4n) is 3.74. The molecule has 11 heteroatoms. The number of cyclic esters (lactones) is 2. The van der Waals surface area contributed by atoms with Crippen LogP contribution in [0.5, 0.6) is 11.5 Å².